The summed E-state index contributed by atoms with van der Waals surface area (Å²) in [5.41, 5.74) is 1.43. The molecule has 10 heteroatoms. The molecule has 3 aromatic rings. The van der Waals surface area contributed by atoms with Crippen LogP contribution in [0, 0.1) is 17.0 Å². The fourth-order valence-corrected chi connectivity index (χ4v) is 2.92. The highest BCUT2D eigenvalue weighted by Gasteiger charge is 2.18. The predicted molar refractivity (Wildman–Crippen MR) is 106 cm³/mol. The number of carbonyl (C=O) groups excluding carboxylic acids is 1. The summed E-state index contributed by atoms with van der Waals surface area (Å²) in [4.78, 5) is 31.0. The molecule has 1 amide bonds. The van der Waals surface area contributed by atoms with Crippen molar-refractivity contribution in [2.24, 2.45) is 0 Å². The number of benzene rings is 2. The Kier molecular flexibility index (Phi) is 5.69. The molecule has 1 aromatic heterocycles. The number of nitro groups is 1. The molecule has 0 aliphatic rings. The maximum Gasteiger partial charge on any atom is 0.311 e. The number of hydrogen-bond acceptors (Lipinski definition) is 7. The van der Waals surface area contributed by atoms with Crippen LogP contribution in [-0.2, 0) is 4.79 Å². The summed E-state index contributed by atoms with van der Waals surface area (Å²) < 4.78 is 11.4. The lowest BCUT2D eigenvalue weighted by Gasteiger charge is -2.12. The van der Waals surface area contributed by atoms with E-state index in [1.165, 1.54) is 25.6 Å². The highest BCUT2D eigenvalue weighted by atomic mass is 79.9. The number of ether oxygens (including phenoxy) is 2. The first-order chi connectivity index (χ1) is 13.4. The van der Waals surface area contributed by atoms with E-state index >= 15 is 0 Å². The van der Waals surface area contributed by atoms with E-state index < -0.39 is 10.8 Å². The van der Waals surface area contributed by atoms with Crippen molar-refractivity contribution >= 4 is 44.1 Å². The molecule has 0 unspecified atom stereocenters. The molecular weight excluding hydrogens is 432 g/mol. The van der Waals surface area contributed by atoms with E-state index in [9.17, 15) is 14.9 Å². The Hall–Kier alpha value is -3.27. The van der Waals surface area contributed by atoms with Crippen LogP contribution in [0.25, 0.3) is 10.9 Å². The fourth-order valence-electron chi connectivity index (χ4n) is 2.55. The Balaban J connectivity index is 1.75. The second-order valence-corrected chi connectivity index (χ2v) is 6.69. The first kappa shape index (κ1) is 19.5. The first-order valence-electron chi connectivity index (χ1n) is 8.05. The normalized spacial score (nSPS) is 10.5. The van der Waals surface area contributed by atoms with Crippen molar-refractivity contribution in [1.82, 2.24) is 9.97 Å². The van der Waals surface area contributed by atoms with Crippen LogP contribution in [0.4, 0.5) is 11.4 Å². The van der Waals surface area contributed by atoms with Crippen molar-refractivity contribution in [2.75, 3.05) is 19.0 Å². The molecule has 0 aliphatic carbocycles. The lowest BCUT2D eigenvalue weighted by atomic mass is 10.1. The molecule has 1 heterocycles. The molecule has 2 aromatic carbocycles. The number of aryl methyl sites for hydroxylation is 1. The summed E-state index contributed by atoms with van der Waals surface area (Å²) >= 11 is 3.38. The van der Waals surface area contributed by atoms with Crippen LogP contribution < -0.4 is 14.8 Å². The Morgan fingerprint density at radius 1 is 1.29 bits per heavy atom. The van der Waals surface area contributed by atoms with Gasteiger partial charge in [0, 0.05) is 22.3 Å². The van der Waals surface area contributed by atoms with E-state index in [0.29, 0.717) is 22.2 Å². The third-order valence-electron chi connectivity index (χ3n) is 3.90. The number of carbonyl (C=O) groups is 1. The Bertz CT molecular complexity index is 1070. The lowest BCUT2D eigenvalue weighted by Crippen LogP contribution is -2.21. The largest absolute Gasteiger partial charge is 0.490 e. The number of hydrogen-bond donors (Lipinski definition) is 1. The van der Waals surface area contributed by atoms with Gasteiger partial charge < -0.3 is 14.8 Å². The molecule has 0 saturated heterocycles. The summed E-state index contributed by atoms with van der Waals surface area (Å²) in [6.07, 6.45) is 1.36. The Labute approximate surface area is 168 Å². The predicted octanol–water partition coefficient (Wildman–Crippen LogP) is 3.64. The van der Waals surface area contributed by atoms with Gasteiger partial charge in [-0.3, -0.25) is 14.9 Å². The summed E-state index contributed by atoms with van der Waals surface area (Å²) in [5.74, 6) is -0.112. The van der Waals surface area contributed by atoms with Gasteiger partial charge in [0.1, 0.15) is 6.33 Å². The molecule has 0 atom stereocenters. The quantitative estimate of drug-likeness (QED) is 0.453. The number of halogens is 1. The van der Waals surface area contributed by atoms with E-state index in [0.717, 1.165) is 4.47 Å². The monoisotopic (exact) mass is 446 g/mol. The van der Waals surface area contributed by atoms with Gasteiger partial charge in [-0.25, -0.2) is 9.97 Å². The van der Waals surface area contributed by atoms with E-state index in [1.807, 2.05) is 6.07 Å². The molecule has 0 aliphatic heterocycles. The molecule has 3 rings (SSSR count). The number of nitrogens with zero attached hydrogens (tertiary/aromatic N) is 3. The minimum Gasteiger partial charge on any atom is -0.490 e. The maximum absolute atomic E-state index is 12.3. The molecule has 9 nitrogen and oxygen atoms in total. The average Bonchev–Trinajstić information content (AvgIpc) is 2.67. The van der Waals surface area contributed by atoms with Gasteiger partial charge in [-0.05, 0) is 30.7 Å². The SMILES string of the molecule is COc1cc(NC(=O)COc2ncnc3ccc(Br)cc23)c(C)cc1[N+](=O)[O-]. The van der Waals surface area contributed by atoms with E-state index in [4.69, 9.17) is 9.47 Å². The highest BCUT2D eigenvalue weighted by Crippen LogP contribution is 2.32. The van der Waals surface area contributed by atoms with Crippen molar-refractivity contribution in [3.05, 3.63) is 56.8 Å². The van der Waals surface area contributed by atoms with E-state index in [-0.39, 0.29) is 23.9 Å². The highest BCUT2D eigenvalue weighted by molar-refractivity contribution is 9.10. The molecule has 28 heavy (non-hydrogen) atoms. The average molecular weight is 447 g/mol. The number of amides is 1. The van der Waals surface area contributed by atoms with Crippen molar-refractivity contribution in [3.63, 3.8) is 0 Å². The smallest absolute Gasteiger partial charge is 0.311 e. The molecule has 0 bridgehead atoms. The fraction of sp³-hybridized carbons (Fsp3) is 0.167. The molecule has 0 fully saturated rings. The van der Waals surface area contributed by atoms with Gasteiger partial charge in [-0.15, -0.1) is 0 Å². The molecule has 0 saturated carbocycles. The lowest BCUT2D eigenvalue weighted by molar-refractivity contribution is -0.385. The Morgan fingerprint density at radius 2 is 2.07 bits per heavy atom. The molecule has 144 valence electrons. The Morgan fingerprint density at radius 3 is 2.79 bits per heavy atom. The minimum absolute atomic E-state index is 0.0541. The van der Waals surface area contributed by atoms with Crippen LogP contribution in [0.15, 0.2) is 41.1 Å². The number of nitrogens with one attached hydrogen (secondary N) is 1. The van der Waals surface area contributed by atoms with Crippen molar-refractivity contribution in [1.29, 1.82) is 0 Å². The third kappa shape index (κ3) is 4.17. The van der Waals surface area contributed by atoms with Crippen LogP contribution in [0.5, 0.6) is 11.6 Å². The van der Waals surface area contributed by atoms with E-state index in [2.05, 4.69) is 31.2 Å². The first-order valence-corrected chi connectivity index (χ1v) is 8.84. The van der Waals surface area contributed by atoms with Gasteiger partial charge in [0.05, 0.1) is 22.9 Å². The summed E-state index contributed by atoms with van der Waals surface area (Å²) in [7, 11) is 1.32. The molecule has 1 N–H and O–H groups in total. The third-order valence-corrected chi connectivity index (χ3v) is 4.39. The topological polar surface area (TPSA) is 116 Å². The number of rotatable bonds is 6. The van der Waals surface area contributed by atoms with Crippen LogP contribution in [-0.4, -0.2) is 34.5 Å². The zero-order valence-electron chi connectivity index (χ0n) is 14.9. The zero-order chi connectivity index (χ0) is 20.3. The van der Waals surface area contributed by atoms with Crippen LogP contribution in [0.3, 0.4) is 0 Å². The van der Waals surface area contributed by atoms with Crippen LogP contribution in [0.1, 0.15) is 5.56 Å². The summed E-state index contributed by atoms with van der Waals surface area (Å²) in [6, 6.07) is 8.19. The van der Waals surface area contributed by atoms with Crippen LogP contribution >= 0.6 is 15.9 Å². The van der Waals surface area contributed by atoms with Gasteiger partial charge in [0.2, 0.25) is 5.88 Å². The van der Waals surface area contributed by atoms with Crippen molar-refractivity contribution in [3.8, 4) is 11.6 Å². The van der Waals surface area contributed by atoms with Crippen LogP contribution in [0.2, 0.25) is 0 Å². The molecular formula is C18H15BrN4O5. The number of anilines is 1. The van der Waals surface area contributed by atoms with E-state index in [1.54, 1.807) is 19.1 Å². The number of fused-ring (bicyclic) bond motifs is 1. The standard InChI is InChI=1S/C18H15BrN4O5/c1-10-5-15(23(25)26)16(27-2)7-14(10)22-17(24)8-28-18-12-6-11(19)3-4-13(12)20-9-21-18/h3-7,9H,8H2,1-2H3,(H,22,24). The van der Waals surface area contributed by atoms with Gasteiger partial charge in [0.25, 0.3) is 5.91 Å². The van der Waals surface area contributed by atoms with Gasteiger partial charge in [-0.2, -0.15) is 0 Å². The minimum atomic E-state index is -0.543. The van der Waals surface area contributed by atoms with Crippen molar-refractivity contribution < 1.29 is 19.2 Å². The molecule has 0 radical (unpaired) electrons. The van der Waals surface area contributed by atoms with Crippen molar-refractivity contribution in [2.45, 2.75) is 6.92 Å². The number of aromatic nitrogens is 2. The van der Waals surface area contributed by atoms with Gasteiger partial charge >= 0.3 is 5.69 Å². The zero-order valence-corrected chi connectivity index (χ0v) is 16.5. The van der Waals surface area contributed by atoms with Gasteiger partial charge in [0.15, 0.2) is 12.4 Å². The second-order valence-electron chi connectivity index (χ2n) is 5.77. The number of methoxy groups -OCH3 is 1. The van der Waals surface area contributed by atoms with Gasteiger partial charge in [-0.1, -0.05) is 15.9 Å². The molecule has 0 spiro atoms. The summed E-state index contributed by atoms with van der Waals surface area (Å²) in [5, 5.41) is 14.4. The second kappa shape index (κ2) is 8.17. The number of nitro benzene ring substituents is 1. The maximum atomic E-state index is 12.3. The summed E-state index contributed by atoms with van der Waals surface area (Å²) in [6.45, 7) is 1.36.